The Balaban J connectivity index is 2.16. The molecule has 2 N–H and O–H groups in total. The van der Waals surface area contributed by atoms with E-state index < -0.39 is 0 Å². The maximum absolute atomic E-state index is 5.98. The van der Waals surface area contributed by atoms with Crippen LogP contribution in [0.15, 0.2) is 12.4 Å². The first-order chi connectivity index (χ1) is 7.66. The number of aromatic nitrogens is 2. The normalized spacial score (nSPS) is 21.5. The summed E-state index contributed by atoms with van der Waals surface area (Å²) in [4.78, 5) is 10.9. The predicted octanol–water partition coefficient (Wildman–Crippen LogP) is 1.53. The largest absolute Gasteiger partial charge is 0.355 e. The minimum atomic E-state index is 0.284. The van der Waals surface area contributed by atoms with Gasteiger partial charge < -0.3 is 10.6 Å². The molecule has 2 heterocycles. The first-order valence-corrected chi connectivity index (χ1v) is 5.99. The van der Waals surface area contributed by atoms with Crippen molar-refractivity contribution in [1.29, 1.82) is 0 Å². The molecular formula is C12H20N4. The first-order valence-electron chi connectivity index (χ1n) is 5.99. The number of nitrogens with zero attached hydrogens (tertiary/aromatic N) is 3. The van der Waals surface area contributed by atoms with Gasteiger partial charge in [-0.25, -0.2) is 9.97 Å². The summed E-state index contributed by atoms with van der Waals surface area (Å²) < 4.78 is 0. The van der Waals surface area contributed by atoms with E-state index in [0.29, 0.717) is 5.92 Å². The van der Waals surface area contributed by atoms with Crippen LogP contribution in [-0.2, 0) is 0 Å². The molecule has 1 aliphatic heterocycles. The van der Waals surface area contributed by atoms with E-state index in [2.05, 4.69) is 34.8 Å². The van der Waals surface area contributed by atoms with Crippen molar-refractivity contribution < 1.29 is 0 Å². The summed E-state index contributed by atoms with van der Waals surface area (Å²) in [5, 5.41) is 0. The molecule has 0 radical (unpaired) electrons. The first kappa shape index (κ1) is 11.3. The van der Waals surface area contributed by atoms with Gasteiger partial charge in [0, 0.05) is 30.9 Å². The molecule has 1 fully saturated rings. The molecule has 0 spiro atoms. The summed E-state index contributed by atoms with van der Waals surface area (Å²) in [6.07, 6.45) is 3.94. The third-order valence-electron chi connectivity index (χ3n) is 3.05. The van der Waals surface area contributed by atoms with Crippen molar-refractivity contribution in [2.75, 3.05) is 18.0 Å². The highest BCUT2D eigenvalue weighted by molar-refractivity contribution is 5.40. The van der Waals surface area contributed by atoms with Crippen molar-refractivity contribution in [2.24, 2.45) is 5.73 Å². The maximum Gasteiger partial charge on any atom is 0.132 e. The summed E-state index contributed by atoms with van der Waals surface area (Å²) in [6.45, 7) is 6.26. The second-order valence-corrected chi connectivity index (χ2v) is 4.80. The summed E-state index contributed by atoms with van der Waals surface area (Å²) in [6, 6.07) is 2.37. The summed E-state index contributed by atoms with van der Waals surface area (Å²) in [5.74, 6) is 1.47. The molecule has 88 valence electrons. The van der Waals surface area contributed by atoms with Gasteiger partial charge in [0.15, 0.2) is 0 Å². The van der Waals surface area contributed by atoms with Crippen LogP contribution in [0.25, 0.3) is 0 Å². The van der Waals surface area contributed by atoms with E-state index in [1.54, 1.807) is 6.33 Å². The molecule has 0 amide bonds. The predicted molar refractivity (Wildman–Crippen MR) is 65.5 cm³/mol. The second kappa shape index (κ2) is 4.78. The van der Waals surface area contributed by atoms with Crippen LogP contribution in [0.5, 0.6) is 0 Å². The van der Waals surface area contributed by atoms with Crippen molar-refractivity contribution in [3.05, 3.63) is 18.1 Å². The van der Waals surface area contributed by atoms with E-state index in [0.717, 1.165) is 37.4 Å². The number of hydrogen-bond donors (Lipinski definition) is 1. The fourth-order valence-electron chi connectivity index (χ4n) is 2.07. The molecule has 4 nitrogen and oxygen atoms in total. The van der Waals surface area contributed by atoms with Crippen LogP contribution in [0.2, 0.25) is 0 Å². The van der Waals surface area contributed by atoms with E-state index in [4.69, 9.17) is 5.73 Å². The number of nitrogens with two attached hydrogens (primary N) is 1. The molecule has 16 heavy (non-hydrogen) atoms. The van der Waals surface area contributed by atoms with E-state index in [1.807, 2.05) is 0 Å². The highest BCUT2D eigenvalue weighted by Crippen LogP contribution is 2.20. The Bertz CT molecular complexity index is 351. The molecule has 0 aromatic carbocycles. The van der Waals surface area contributed by atoms with Crippen LogP contribution in [0.3, 0.4) is 0 Å². The van der Waals surface area contributed by atoms with Crippen LogP contribution in [0.4, 0.5) is 5.82 Å². The van der Waals surface area contributed by atoms with Crippen LogP contribution >= 0.6 is 0 Å². The number of piperidine rings is 1. The van der Waals surface area contributed by atoms with Gasteiger partial charge in [0.2, 0.25) is 0 Å². The van der Waals surface area contributed by atoms with Gasteiger partial charge >= 0.3 is 0 Å². The van der Waals surface area contributed by atoms with Crippen molar-refractivity contribution in [3.63, 3.8) is 0 Å². The lowest BCUT2D eigenvalue weighted by molar-refractivity contribution is 0.502. The minimum absolute atomic E-state index is 0.284. The zero-order valence-corrected chi connectivity index (χ0v) is 10.1. The van der Waals surface area contributed by atoms with Crippen molar-refractivity contribution in [2.45, 2.75) is 38.6 Å². The molecule has 0 aliphatic carbocycles. The van der Waals surface area contributed by atoms with Gasteiger partial charge in [-0.05, 0) is 18.8 Å². The standard InChI is InChI=1S/C12H20N4/c1-9(2)11-6-12(15-8-14-11)16-5-3-4-10(13)7-16/h6,8-10H,3-5,7,13H2,1-2H3. The molecule has 1 atom stereocenters. The van der Waals surface area contributed by atoms with E-state index in [-0.39, 0.29) is 6.04 Å². The Hall–Kier alpha value is -1.16. The molecule has 4 heteroatoms. The van der Waals surface area contributed by atoms with Crippen molar-refractivity contribution in [3.8, 4) is 0 Å². The zero-order valence-electron chi connectivity index (χ0n) is 10.1. The average molecular weight is 220 g/mol. The Labute approximate surface area is 96.9 Å². The monoisotopic (exact) mass is 220 g/mol. The lowest BCUT2D eigenvalue weighted by Gasteiger charge is -2.31. The average Bonchev–Trinajstić information content (AvgIpc) is 2.29. The molecule has 0 saturated carbocycles. The fraction of sp³-hybridized carbons (Fsp3) is 0.667. The lowest BCUT2D eigenvalue weighted by Crippen LogP contribution is -2.43. The van der Waals surface area contributed by atoms with Crippen LogP contribution in [-0.4, -0.2) is 29.1 Å². The number of rotatable bonds is 2. The fourth-order valence-corrected chi connectivity index (χ4v) is 2.07. The van der Waals surface area contributed by atoms with Gasteiger partial charge in [-0.15, -0.1) is 0 Å². The molecule has 1 aromatic heterocycles. The van der Waals surface area contributed by atoms with Gasteiger partial charge in [0.05, 0.1) is 0 Å². The highest BCUT2D eigenvalue weighted by Gasteiger charge is 2.18. The molecule has 0 bridgehead atoms. The van der Waals surface area contributed by atoms with Gasteiger partial charge in [-0.3, -0.25) is 0 Å². The van der Waals surface area contributed by atoms with E-state index in [9.17, 15) is 0 Å². The smallest absolute Gasteiger partial charge is 0.132 e. The molecule has 1 aromatic rings. The summed E-state index contributed by atoms with van der Waals surface area (Å²) in [7, 11) is 0. The van der Waals surface area contributed by atoms with Crippen LogP contribution < -0.4 is 10.6 Å². The van der Waals surface area contributed by atoms with Gasteiger partial charge in [0.1, 0.15) is 12.1 Å². The highest BCUT2D eigenvalue weighted by atomic mass is 15.2. The second-order valence-electron chi connectivity index (χ2n) is 4.80. The lowest BCUT2D eigenvalue weighted by atomic mass is 10.1. The molecular weight excluding hydrogens is 200 g/mol. The Morgan fingerprint density at radius 3 is 2.94 bits per heavy atom. The molecule has 1 saturated heterocycles. The Morgan fingerprint density at radius 2 is 2.25 bits per heavy atom. The molecule has 1 unspecified atom stereocenters. The van der Waals surface area contributed by atoms with Crippen molar-refractivity contribution >= 4 is 5.82 Å². The van der Waals surface area contributed by atoms with Crippen molar-refractivity contribution in [1.82, 2.24) is 9.97 Å². The Morgan fingerprint density at radius 1 is 1.44 bits per heavy atom. The number of anilines is 1. The quantitative estimate of drug-likeness (QED) is 0.821. The summed E-state index contributed by atoms with van der Waals surface area (Å²) >= 11 is 0. The summed E-state index contributed by atoms with van der Waals surface area (Å²) in [5.41, 5.74) is 7.08. The minimum Gasteiger partial charge on any atom is -0.355 e. The Kier molecular flexibility index (Phi) is 3.39. The SMILES string of the molecule is CC(C)c1cc(N2CCCC(N)C2)ncn1. The van der Waals surface area contributed by atoms with Gasteiger partial charge in [-0.2, -0.15) is 0 Å². The van der Waals surface area contributed by atoms with Crippen LogP contribution in [0, 0.1) is 0 Å². The van der Waals surface area contributed by atoms with Gasteiger partial charge in [0.25, 0.3) is 0 Å². The van der Waals surface area contributed by atoms with E-state index >= 15 is 0 Å². The maximum atomic E-state index is 5.98. The topological polar surface area (TPSA) is 55.0 Å². The molecule has 1 aliphatic rings. The number of hydrogen-bond acceptors (Lipinski definition) is 4. The van der Waals surface area contributed by atoms with E-state index in [1.165, 1.54) is 0 Å². The third-order valence-corrected chi connectivity index (χ3v) is 3.05. The zero-order chi connectivity index (χ0) is 11.5. The van der Waals surface area contributed by atoms with Gasteiger partial charge in [-0.1, -0.05) is 13.8 Å². The third kappa shape index (κ3) is 2.50. The molecule has 2 rings (SSSR count). The van der Waals surface area contributed by atoms with Crippen LogP contribution in [0.1, 0.15) is 38.3 Å².